The highest BCUT2D eigenvalue weighted by molar-refractivity contribution is 6.27. The van der Waals surface area contributed by atoms with Crippen LogP contribution in [0.25, 0.3) is 5.57 Å². The first-order valence-electron chi connectivity index (χ1n) is 4.53. The Kier molecular flexibility index (Phi) is 3.35. The van der Waals surface area contributed by atoms with E-state index in [1.165, 1.54) is 0 Å². The number of benzene rings is 1. The molecular weight excluding hydrogens is 196 g/mol. The van der Waals surface area contributed by atoms with Crippen LogP contribution in [0.5, 0.6) is 0 Å². The lowest BCUT2D eigenvalue weighted by molar-refractivity contribution is 0.0897. The third-order valence-electron chi connectivity index (χ3n) is 2.07. The Labute approximate surface area is 90.0 Å². The van der Waals surface area contributed by atoms with E-state index in [1.54, 1.807) is 13.8 Å². The van der Waals surface area contributed by atoms with Gasteiger partial charge in [-0.05, 0) is 25.0 Å². The average Bonchev–Trinajstić information content (AvgIpc) is 2.15. The van der Waals surface area contributed by atoms with Crippen LogP contribution in [-0.4, -0.2) is 16.1 Å². The van der Waals surface area contributed by atoms with Crippen LogP contribution < -0.4 is 0 Å². The largest absolute Gasteiger partial charge is 0.389 e. The zero-order chi connectivity index (χ0) is 10.8. The maximum Gasteiger partial charge on any atom is 0.0867 e. The van der Waals surface area contributed by atoms with E-state index in [0.717, 1.165) is 11.1 Å². The topological polar surface area (TPSA) is 20.2 Å². The van der Waals surface area contributed by atoms with E-state index in [2.05, 4.69) is 6.58 Å². The first-order valence-corrected chi connectivity index (χ1v) is 4.97. The lowest BCUT2D eigenvalue weighted by Crippen LogP contribution is -2.32. The highest BCUT2D eigenvalue weighted by Gasteiger charge is 2.27. The molecule has 0 aliphatic rings. The van der Waals surface area contributed by atoms with Crippen molar-refractivity contribution in [2.45, 2.75) is 24.8 Å². The number of aliphatic hydroxyl groups is 1. The number of rotatable bonds is 3. The molecule has 0 bridgehead atoms. The number of hydrogen-bond donors (Lipinski definition) is 1. The van der Waals surface area contributed by atoms with Crippen molar-refractivity contribution in [2.24, 2.45) is 0 Å². The van der Waals surface area contributed by atoms with Crippen LogP contribution in [0, 0.1) is 0 Å². The highest BCUT2D eigenvalue weighted by Crippen LogP contribution is 2.28. The van der Waals surface area contributed by atoms with Gasteiger partial charge in [0.15, 0.2) is 0 Å². The van der Waals surface area contributed by atoms with Crippen molar-refractivity contribution in [2.75, 3.05) is 0 Å². The molecule has 0 aliphatic heterocycles. The van der Waals surface area contributed by atoms with Crippen LogP contribution in [0.15, 0.2) is 36.9 Å². The Hall–Kier alpha value is -0.790. The van der Waals surface area contributed by atoms with E-state index in [0.29, 0.717) is 0 Å². The molecule has 0 amide bonds. The third kappa shape index (κ3) is 2.60. The predicted octanol–water partition coefficient (Wildman–Crippen LogP) is 3.08. The molecule has 1 unspecified atom stereocenters. The molecule has 1 N–H and O–H groups in total. The summed E-state index contributed by atoms with van der Waals surface area (Å²) in [6.45, 7) is 7.26. The lowest BCUT2D eigenvalue weighted by Gasteiger charge is -2.25. The molecule has 1 nitrogen and oxygen atoms in total. The van der Waals surface area contributed by atoms with Crippen molar-refractivity contribution in [3.8, 4) is 0 Å². The molecule has 0 saturated carbocycles. The van der Waals surface area contributed by atoms with Crippen molar-refractivity contribution in [3.63, 3.8) is 0 Å². The fourth-order valence-electron chi connectivity index (χ4n) is 1.22. The zero-order valence-corrected chi connectivity index (χ0v) is 9.25. The minimum absolute atomic E-state index is 0.468. The maximum atomic E-state index is 9.73. The van der Waals surface area contributed by atoms with Crippen LogP contribution >= 0.6 is 11.6 Å². The molecule has 0 heterocycles. The summed E-state index contributed by atoms with van der Waals surface area (Å²) in [6, 6.07) is 9.65. The molecule has 14 heavy (non-hydrogen) atoms. The second-order valence-corrected chi connectivity index (χ2v) is 4.34. The van der Waals surface area contributed by atoms with E-state index in [1.807, 2.05) is 30.3 Å². The Morgan fingerprint density at radius 1 is 1.36 bits per heavy atom. The quantitative estimate of drug-likeness (QED) is 0.761. The van der Waals surface area contributed by atoms with E-state index >= 15 is 0 Å². The second-order valence-electron chi connectivity index (χ2n) is 3.91. The molecule has 0 fully saturated rings. The summed E-state index contributed by atoms with van der Waals surface area (Å²) in [5.41, 5.74) is 0.767. The second kappa shape index (κ2) is 4.16. The van der Waals surface area contributed by atoms with Gasteiger partial charge in [-0.15, -0.1) is 11.6 Å². The summed E-state index contributed by atoms with van der Waals surface area (Å²) in [5, 5.41) is 9.26. The third-order valence-corrected chi connectivity index (χ3v) is 2.87. The van der Waals surface area contributed by atoms with Gasteiger partial charge in [0.05, 0.1) is 11.0 Å². The number of alkyl halides is 1. The van der Waals surface area contributed by atoms with Crippen LogP contribution in [0.3, 0.4) is 0 Å². The van der Waals surface area contributed by atoms with Gasteiger partial charge < -0.3 is 5.11 Å². The summed E-state index contributed by atoms with van der Waals surface area (Å²) in [5.74, 6) is 0. The minimum atomic E-state index is -0.950. The van der Waals surface area contributed by atoms with E-state index < -0.39 is 11.0 Å². The first-order chi connectivity index (χ1) is 6.43. The van der Waals surface area contributed by atoms with Crippen molar-refractivity contribution in [3.05, 3.63) is 42.5 Å². The molecule has 0 aliphatic carbocycles. The van der Waals surface area contributed by atoms with E-state index in [4.69, 9.17) is 11.6 Å². The molecule has 1 aromatic rings. The lowest BCUT2D eigenvalue weighted by atomic mass is 9.94. The van der Waals surface area contributed by atoms with Gasteiger partial charge >= 0.3 is 0 Å². The molecular formula is C12H15ClO. The standard InChI is InChI=1S/C12H15ClO/c1-9(11(13)12(2,3)14)10-7-5-4-6-8-10/h4-8,11,14H,1H2,2-3H3. The van der Waals surface area contributed by atoms with Gasteiger partial charge in [-0.2, -0.15) is 0 Å². The van der Waals surface area contributed by atoms with Crippen LogP contribution in [-0.2, 0) is 0 Å². The van der Waals surface area contributed by atoms with Gasteiger partial charge in [0.1, 0.15) is 0 Å². The van der Waals surface area contributed by atoms with Gasteiger partial charge in [-0.3, -0.25) is 0 Å². The minimum Gasteiger partial charge on any atom is -0.389 e. The molecule has 0 saturated heterocycles. The summed E-state index contributed by atoms with van der Waals surface area (Å²) < 4.78 is 0. The van der Waals surface area contributed by atoms with Gasteiger partial charge in [0.2, 0.25) is 0 Å². The van der Waals surface area contributed by atoms with Gasteiger partial charge in [-0.25, -0.2) is 0 Å². The van der Waals surface area contributed by atoms with Crippen molar-refractivity contribution in [1.82, 2.24) is 0 Å². The summed E-state index contributed by atoms with van der Waals surface area (Å²) in [4.78, 5) is 0. The molecule has 76 valence electrons. The van der Waals surface area contributed by atoms with E-state index in [9.17, 15) is 5.11 Å². The zero-order valence-electron chi connectivity index (χ0n) is 8.50. The highest BCUT2D eigenvalue weighted by atomic mass is 35.5. The Morgan fingerprint density at radius 2 is 1.86 bits per heavy atom. The Bertz CT molecular complexity index is 311. The molecule has 0 radical (unpaired) electrons. The molecule has 2 heteroatoms. The van der Waals surface area contributed by atoms with E-state index in [-0.39, 0.29) is 0 Å². The SMILES string of the molecule is C=C(c1ccccc1)C(Cl)C(C)(C)O. The van der Waals surface area contributed by atoms with Crippen LogP contribution in [0.1, 0.15) is 19.4 Å². The van der Waals surface area contributed by atoms with Crippen LogP contribution in [0.2, 0.25) is 0 Å². The first kappa shape index (κ1) is 11.3. The van der Waals surface area contributed by atoms with Crippen molar-refractivity contribution in [1.29, 1.82) is 0 Å². The molecule has 0 spiro atoms. The summed E-state index contributed by atoms with van der Waals surface area (Å²) >= 11 is 6.09. The molecule has 1 rings (SSSR count). The van der Waals surface area contributed by atoms with Gasteiger partial charge in [0, 0.05) is 0 Å². The summed E-state index contributed by atoms with van der Waals surface area (Å²) in [7, 11) is 0. The Morgan fingerprint density at radius 3 is 2.29 bits per heavy atom. The fourth-order valence-corrected chi connectivity index (χ4v) is 1.35. The monoisotopic (exact) mass is 210 g/mol. The Balaban J connectivity index is 2.87. The molecule has 1 aromatic carbocycles. The van der Waals surface area contributed by atoms with Crippen molar-refractivity contribution >= 4 is 17.2 Å². The number of hydrogen-bond acceptors (Lipinski definition) is 1. The molecule has 1 atom stereocenters. The maximum absolute atomic E-state index is 9.73. The predicted molar refractivity (Wildman–Crippen MR) is 61.4 cm³/mol. The fraction of sp³-hybridized carbons (Fsp3) is 0.333. The van der Waals surface area contributed by atoms with Crippen LogP contribution in [0.4, 0.5) is 0 Å². The smallest absolute Gasteiger partial charge is 0.0867 e. The van der Waals surface area contributed by atoms with Gasteiger partial charge in [0.25, 0.3) is 0 Å². The number of halogens is 1. The normalized spacial score (nSPS) is 13.7. The average molecular weight is 211 g/mol. The molecule has 0 aromatic heterocycles. The summed E-state index contributed by atoms with van der Waals surface area (Å²) in [6.07, 6.45) is 0. The van der Waals surface area contributed by atoms with Gasteiger partial charge in [-0.1, -0.05) is 36.9 Å². The van der Waals surface area contributed by atoms with Crippen molar-refractivity contribution < 1.29 is 5.11 Å².